The third-order valence-corrected chi connectivity index (χ3v) is 1.82. The third kappa shape index (κ3) is 2.35. The molecule has 0 aliphatic heterocycles. The molecule has 11 heavy (non-hydrogen) atoms. The van der Waals surface area contributed by atoms with Gasteiger partial charge in [0, 0.05) is 24.7 Å². The fraction of sp³-hybridized carbons (Fsp3) is 0.222. The zero-order valence-electron chi connectivity index (χ0n) is 6.42. The monoisotopic (exact) mass is 167 g/mol. The first-order chi connectivity index (χ1) is 5.34. The minimum Gasteiger partial charge on any atom is -0.301 e. The second kappa shape index (κ2) is 4.14. The van der Waals surface area contributed by atoms with Gasteiger partial charge in [0.2, 0.25) is 0 Å². The third-order valence-electron chi connectivity index (χ3n) is 1.45. The van der Waals surface area contributed by atoms with Crippen LogP contribution in [0.15, 0.2) is 29.3 Å². The highest BCUT2D eigenvalue weighted by Gasteiger charge is 1.94. The maximum absolute atomic E-state index is 5.90. The molecule has 0 bridgehead atoms. The maximum Gasteiger partial charge on any atom is 0.0441 e. The van der Waals surface area contributed by atoms with Crippen LogP contribution in [0.25, 0.3) is 0 Å². The van der Waals surface area contributed by atoms with Crippen molar-refractivity contribution in [3.8, 4) is 0 Å². The fourth-order valence-corrected chi connectivity index (χ4v) is 1.07. The summed E-state index contributed by atoms with van der Waals surface area (Å²) in [5.74, 6) is 0. The van der Waals surface area contributed by atoms with Crippen LogP contribution in [0.2, 0.25) is 5.02 Å². The number of nitrogens with zero attached hydrogens (tertiary/aromatic N) is 1. The van der Waals surface area contributed by atoms with Crippen molar-refractivity contribution in [3.63, 3.8) is 0 Å². The Labute approximate surface area is 71.7 Å². The van der Waals surface area contributed by atoms with Gasteiger partial charge in [0.05, 0.1) is 0 Å². The van der Waals surface area contributed by atoms with E-state index in [-0.39, 0.29) is 0 Å². The van der Waals surface area contributed by atoms with Crippen molar-refractivity contribution in [3.05, 3.63) is 34.9 Å². The SMILES string of the molecule is CN=CCc1ccccc1Cl. The molecule has 0 heterocycles. The molecule has 0 spiro atoms. The standard InChI is InChI=1S/C9H10ClN/c1-11-7-6-8-4-2-3-5-9(8)10/h2-5,7H,6H2,1H3. The quantitative estimate of drug-likeness (QED) is 0.601. The molecule has 1 aromatic carbocycles. The molecular formula is C9H10ClN. The summed E-state index contributed by atoms with van der Waals surface area (Å²) >= 11 is 5.90. The lowest BCUT2D eigenvalue weighted by Crippen LogP contribution is -1.86. The molecule has 0 aliphatic rings. The molecule has 58 valence electrons. The molecule has 0 unspecified atom stereocenters. The summed E-state index contributed by atoms with van der Waals surface area (Å²) in [5.41, 5.74) is 1.12. The van der Waals surface area contributed by atoms with E-state index in [1.165, 1.54) is 0 Å². The highest BCUT2D eigenvalue weighted by molar-refractivity contribution is 6.31. The molecule has 0 N–H and O–H groups in total. The summed E-state index contributed by atoms with van der Waals surface area (Å²) in [6.45, 7) is 0. The Kier molecular flexibility index (Phi) is 3.12. The smallest absolute Gasteiger partial charge is 0.0441 e. The molecule has 0 atom stereocenters. The van der Waals surface area contributed by atoms with Gasteiger partial charge in [-0.2, -0.15) is 0 Å². The molecule has 0 aliphatic carbocycles. The maximum atomic E-state index is 5.90. The number of aliphatic imine (C=N–C) groups is 1. The molecule has 0 amide bonds. The van der Waals surface area contributed by atoms with Crippen LogP contribution in [0.4, 0.5) is 0 Å². The number of halogens is 1. The Bertz CT molecular complexity index is 255. The lowest BCUT2D eigenvalue weighted by Gasteiger charge is -1.97. The first-order valence-electron chi connectivity index (χ1n) is 3.48. The minimum absolute atomic E-state index is 0.812. The van der Waals surface area contributed by atoms with Gasteiger partial charge >= 0.3 is 0 Å². The summed E-state index contributed by atoms with van der Waals surface area (Å²) in [6, 6.07) is 7.80. The van der Waals surface area contributed by atoms with Crippen LogP contribution >= 0.6 is 11.6 Å². The molecule has 1 rings (SSSR count). The summed E-state index contributed by atoms with van der Waals surface area (Å²) in [6.07, 6.45) is 2.66. The van der Waals surface area contributed by atoms with E-state index in [1.807, 2.05) is 30.5 Å². The van der Waals surface area contributed by atoms with E-state index >= 15 is 0 Å². The van der Waals surface area contributed by atoms with Gasteiger partial charge in [0.25, 0.3) is 0 Å². The van der Waals surface area contributed by atoms with Gasteiger partial charge in [-0.25, -0.2) is 0 Å². The highest BCUT2D eigenvalue weighted by Crippen LogP contribution is 2.14. The molecule has 0 saturated heterocycles. The molecular weight excluding hydrogens is 158 g/mol. The van der Waals surface area contributed by atoms with Crippen molar-refractivity contribution < 1.29 is 0 Å². The van der Waals surface area contributed by atoms with Crippen LogP contribution in [-0.2, 0) is 6.42 Å². The Morgan fingerprint density at radius 1 is 1.45 bits per heavy atom. The van der Waals surface area contributed by atoms with Crippen molar-refractivity contribution in [1.29, 1.82) is 0 Å². The minimum atomic E-state index is 0.812. The second-order valence-electron chi connectivity index (χ2n) is 2.24. The van der Waals surface area contributed by atoms with Gasteiger partial charge in [-0.15, -0.1) is 0 Å². The first-order valence-corrected chi connectivity index (χ1v) is 3.86. The van der Waals surface area contributed by atoms with Gasteiger partial charge < -0.3 is 4.99 Å². The Hall–Kier alpha value is -0.820. The lowest BCUT2D eigenvalue weighted by molar-refractivity contribution is 1.32. The van der Waals surface area contributed by atoms with Crippen LogP contribution in [0.3, 0.4) is 0 Å². The normalized spacial score (nSPS) is 10.7. The molecule has 0 aromatic heterocycles. The highest BCUT2D eigenvalue weighted by atomic mass is 35.5. The predicted octanol–water partition coefficient (Wildman–Crippen LogP) is 2.58. The van der Waals surface area contributed by atoms with E-state index in [2.05, 4.69) is 4.99 Å². The second-order valence-corrected chi connectivity index (χ2v) is 2.64. The van der Waals surface area contributed by atoms with Gasteiger partial charge in [0.1, 0.15) is 0 Å². The van der Waals surface area contributed by atoms with Crippen LogP contribution in [0.5, 0.6) is 0 Å². The summed E-state index contributed by atoms with van der Waals surface area (Å²) in [4.78, 5) is 3.89. The van der Waals surface area contributed by atoms with Gasteiger partial charge in [-0.1, -0.05) is 29.8 Å². The Morgan fingerprint density at radius 2 is 2.18 bits per heavy atom. The first kappa shape index (κ1) is 8.28. The average Bonchev–Trinajstić information content (AvgIpc) is 2.03. The van der Waals surface area contributed by atoms with Crippen molar-refractivity contribution in [1.82, 2.24) is 0 Å². The summed E-state index contributed by atoms with van der Waals surface area (Å²) < 4.78 is 0. The number of benzene rings is 1. The van der Waals surface area contributed by atoms with Crippen molar-refractivity contribution in [2.24, 2.45) is 4.99 Å². The molecule has 2 heteroatoms. The summed E-state index contributed by atoms with van der Waals surface area (Å²) in [7, 11) is 1.76. The molecule has 0 radical (unpaired) electrons. The number of rotatable bonds is 2. The number of hydrogen-bond acceptors (Lipinski definition) is 1. The summed E-state index contributed by atoms with van der Waals surface area (Å²) in [5, 5.41) is 0.812. The van der Waals surface area contributed by atoms with Gasteiger partial charge in [-0.3, -0.25) is 0 Å². The Morgan fingerprint density at radius 3 is 2.82 bits per heavy atom. The van der Waals surface area contributed by atoms with E-state index in [1.54, 1.807) is 7.05 Å². The van der Waals surface area contributed by atoms with E-state index in [4.69, 9.17) is 11.6 Å². The topological polar surface area (TPSA) is 12.4 Å². The van der Waals surface area contributed by atoms with E-state index < -0.39 is 0 Å². The van der Waals surface area contributed by atoms with E-state index in [9.17, 15) is 0 Å². The van der Waals surface area contributed by atoms with Crippen LogP contribution in [-0.4, -0.2) is 13.3 Å². The van der Waals surface area contributed by atoms with Crippen molar-refractivity contribution in [2.75, 3.05) is 7.05 Å². The average molecular weight is 168 g/mol. The largest absolute Gasteiger partial charge is 0.301 e. The van der Waals surface area contributed by atoms with Gasteiger partial charge in [0.15, 0.2) is 0 Å². The Balaban J connectivity index is 2.77. The van der Waals surface area contributed by atoms with Crippen molar-refractivity contribution in [2.45, 2.75) is 6.42 Å². The zero-order valence-corrected chi connectivity index (χ0v) is 7.17. The van der Waals surface area contributed by atoms with E-state index in [0.29, 0.717) is 0 Å². The van der Waals surface area contributed by atoms with Gasteiger partial charge in [-0.05, 0) is 11.6 Å². The van der Waals surface area contributed by atoms with Crippen LogP contribution < -0.4 is 0 Å². The molecule has 0 saturated carbocycles. The van der Waals surface area contributed by atoms with E-state index in [0.717, 1.165) is 17.0 Å². The number of hydrogen-bond donors (Lipinski definition) is 0. The zero-order chi connectivity index (χ0) is 8.10. The van der Waals surface area contributed by atoms with Crippen molar-refractivity contribution >= 4 is 17.8 Å². The predicted molar refractivity (Wildman–Crippen MR) is 49.6 cm³/mol. The lowest BCUT2D eigenvalue weighted by atomic mass is 10.2. The molecule has 1 aromatic rings. The molecule has 0 fully saturated rings. The fourth-order valence-electron chi connectivity index (χ4n) is 0.854. The van der Waals surface area contributed by atoms with Crippen LogP contribution in [0, 0.1) is 0 Å². The van der Waals surface area contributed by atoms with Crippen LogP contribution in [0.1, 0.15) is 5.56 Å². The molecule has 1 nitrogen and oxygen atoms in total.